The molecule has 1 fully saturated rings. The minimum absolute atomic E-state index is 0.174. The fraction of sp³-hybridized carbons (Fsp3) is 0.455. The summed E-state index contributed by atoms with van der Waals surface area (Å²) in [7, 11) is -3.66. The summed E-state index contributed by atoms with van der Waals surface area (Å²) in [5.41, 5.74) is 0.678. The molecule has 0 spiro atoms. The monoisotopic (exact) mass is 241 g/mol. The van der Waals surface area contributed by atoms with Gasteiger partial charge in [-0.15, -0.1) is 0 Å². The van der Waals surface area contributed by atoms with Crippen molar-refractivity contribution < 1.29 is 13.2 Å². The van der Waals surface area contributed by atoms with Gasteiger partial charge < -0.3 is 4.74 Å². The smallest absolute Gasteiger partial charge is 0.238 e. The molecule has 0 aliphatic heterocycles. The Kier molecular flexibility index (Phi) is 2.90. The van der Waals surface area contributed by atoms with Crippen LogP contribution in [0, 0.1) is 0 Å². The maximum absolute atomic E-state index is 11.4. The van der Waals surface area contributed by atoms with Crippen molar-refractivity contribution >= 4 is 10.0 Å². The van der Waals surface area contributed by atoms with Crippen molar-refractivity contribution in [1.29, 1.82) is 0 Å². The van der Waals surface area contributed by atoms with Crippen molar-refractivity contribution in [2.45, 2.75) is 37.2 Å². The Morgan fingerprint density at radius 3 is 2.62 bits per heavy atom. The minimum Gasteiger partial charge on any atom is -0.490 e. The SMILES string of the molecule is CCc1c(OC2CC2)cccc1S(N)(=O)=O. The normalized spacial score (nSPS) is 16.1. The Hall–Kier alpha value is -1.07. The largest absolute Gasteiger partial charge is 0.490 e. The van der Waals surface area contributed by atoms with Crippen molar-refractivity contribution in [3.8, 4) is 5.75 Å². The number of hydrogen-bond donors (Lipinski definition) is 1. The Balaban J connectivity index is 2.45. The van der Waals surface area contributed by atoms with Crippen LogP contribution < -0.4 is 9.88 Å². The van der Waals surface area contributed by atoms with Crippen LogP contribution in [0.25, 0.3) is 0 Å². The molecule has 0 bridgehead atoms. The van der Waals surface area contributed by atoms with E-state index >= 15 is 0 Å². The summed E-state index contributed by atoms with van der Waals surface area (Å²) in [6.45, 7) is 1.89. The van der Waals surface area contributed by atoms with Gasteiger partial charge in [0.05, 0.1) is 11.0 Å². The van der Waals surface area contributed by atoms with E-state index in [9.17, 15) is 8.42 Å². The quantitative estimate of drug-likeness (QED) is 0.867. The minimum atomic E-state index is -3.66. The van der Waals surface area contributed by atoms with E-state index in [1.807, 2.05) is 6.92 Å². The lowest BCUT2D eigenvalue weighted by Crippen LogP contribution is -2.15. The molecule has 1 aliphatic rings. The lowest BCUT2D eigenvalue weighted by Gasteiger charge is -2.12. The Bertz CT molecular complexity index is 492. The highest BCUT2D eigenvalue weighted by Gasteiger charge is 2.25. The Morgan fingerprint density at radius 1 is 1.44 bits per heavy atom. The first kappa shape index (κ1) is 11.4. The molecule has 16 heavy (non-hydrogen) atoms. The van der Waals surface area contributed by atoms with Crippen LogP contribution in [-0.4, -0.2) is 14.5 Å². The first-order valence-electron chi connectivity index (χ1n) is 5.33. The van der Waals surface area contributed by atoms with E-state index in [0.717, 1.165) is 12.8 Å². The van der Waals surface area contributed by atoms with E-state index in [4.69, 9.17) is 9.88 Å². The predicted molar refractivity (Wildman–Crippen MR) is 60.8 cm³/mol. The molecule has 2 rings (SSSR count). The number of rotatable bonds is 4. The van der Waals surface area contributed by atoms with Gasteiger partial charge in [0.1, 0.15) is 5.75 Å². The molecule has 0 heterocycles. The van der Waals surface area contributed by atoms with Gasteiger partial charge >= 0.3 is 0 Å². The summed E-state index contributed by atoms with van der Waals surface area (Å²) >= 11 is 0. The third-order valence-corrected chi connectivity index (χ3v) is 3.56. The first-order chi connectivity index (χ1) is 7.52. The second kappa shape index (κ2) is 4.07. The molecule has 2 N–H and O–H groups in total. The zero-order valence-electron chi connectivity index (χ0n) is 9.14. The fourth-order valence-electron chi connectivity index (χ4n) is 1.64. The van der Waals surface area contributed by atoms with Crippen molar-refractivity contribution in [2.75, 3.05) is 0 Å². The molecular weight excluding hydrogens is 226 g/mol. The molecular formula is C11H15NO3S. The summed E-state index contributed by atoms with van der Waals surface area (Å²) < 4.78 is 28.4. The third-order valence-electron chi connectivity index (χ3n) is 2.57. The van der Waals surface area contributed by atoms with Gasteiger partial charge in [0.25, 0.3) is 0 Å². The van der Waals surface area contributed by atoms with Crippen LogP contribution in [0.5, 0.6) is 5.75 Å². The Morgan fingerprint density at radius 2 is 2.12 bits per heavy atom. The van der Waals surface area contributed by atoms with Gasteiger partial charge in [-0.2, -0.15) is 0 Å². The maximum atomic E-state index is 11.4. The van der Waals surface area contributed by atoms with Crippen molar-refractivity contribution in [1.82, 2.24) is 0 Å². The molecule has 0 unspecified atom stereocenters. The standard InChI is InChI=1S/C11H15NO3S/c1-2-9-10(15-8-6-7-8)4-3-5-11(9)16(12,13)14/h3-5,8H,2,6-7H2,1H3,(H2,12,13,14). The molecule has 0 aromatic heterocycles. The van der Waals surface area contributed by atoms with Gasteiger partial charge in [0.15, 0.2) is 0 Å². The second-order valence-corrected chi connectivity index (χ2v) is 5.48. The molecule has 0 saturated heterocycles. The van der Waals surface area contributed by atoms with E-state index in [-0.39, 0.29) is 11.0 Å². The fourth-order valence-corrected chi connectivity index (χ4v) is 2.49. The van der Waals surface area contributed by atoms with E-state index in [1.165, 1.54) is 6.07 Å². The number of sulfonamides is 1. The highest BCUT2D eigenvalue weighted by atomic mass is 32.2. The predicted octanol–water partition coefficient (Wildman–Crippen LogP) is 1.44. The molecule has 5 heteroatoms. The lowest BCUT2D eigenvalue weighted by atomic mass is 10.1. The van der Waals surface area contributed by atoms with Crippen molar-refractivity contribution in [2.24, 2.45) is 5.14 Å². The zero-order chi connectivity index (χ0) is 11.8. The van der Waals surface area contributed by atoms with Crippen LogP contribution in [-0.2, 0) is 16.4 Å². The molecule has 1 aromatic rings. The van der Waals surface area contributed by atoms with E-state index in [0.29, 0.717) is 17.7 Å². The van der Waals surface area contributed by atoms with Gasteiger partial charge in [-0.05, 0) is 31.4 Å². The van der Waals surface area contributed by atoms with E-state index in [2.05, 4.69) is 0 Å². The van der Waals surface area contributed by atoms with Gasteiger partial charge in [-0.25, -0.2) is 13.6 Å². The number of primary sulfonamides is 1. The topological polar surface area (TPSA) is 69.4 Å². The van der Waals surface area contributed by atoms with Crippen LogP contribution in [0.1, 0.15) is 25.3 Å². The van der Waals surface area contributed by atoms with E-state index < -0.39 is 10.0 Å². The maximum Gasteiger partial charge on any atom is 0.238 e. The van der Waals surface area contributed by atoms with Crippen LogP contribution in [0.15, 0.2) is 23.1 Å². The summed E-state index contributed by atoms with van der Waals surface area (Å²) in [5, 5.41) is 5.17. The Labute approximate surface area is 95.5 Å². The van der Waals surface area contributed by atoms with Gasteiger partial charge in [0.2, 0.25) is 10.0 Å². The molecule has 0 atom stereocenters. The van der Waals surface area contributed by atoms with Crippen LogP contribution in [0.4, 0.5) is 0 Å². The third kappa shape index (κ3) is 2.36. The molecule has 88 valence electrons. The first-order valence-corrected chi connectivity index (χ1v) is 6.88. The molecule has 1 saturated carbocycles. The van der Waals surface area contributed by atoms with Crippen LogP contribution in [0.2, 0.25) is 0 Å². The average Bonchev–Trinajstić information content (AvgIpc) is 3.00. The summed E-state index contributed by atoms with van der Waals surface area (Å²) in [5.74, 6) is 0.650. The zero-order valence-corrected chi connectivity index (χ0v) is 9.96. The molecule has 1 aliphatic carbocycles. The number of hydrogen-bond acceptors (Lipinski definition) is 3. The van der Waals surface area contributed by atoms with Gasteiger partial charge in [0, 0.05) is 5.56 Å². The lowest BCUT2D eigenvalue weighted by molar-refractivity contribution is 0.299. The van der Waals surface area contributed by atoms with E-state index in [1.54, 1.807) is 12.1 Å². The van der Waals surface area contributed by atoms with Gasteiger partial charge in [-0.3, -0.25) is 0 Å². The van der Waals surface area contributed by atoms with Crippen molar-refractivity contribution in [3.05, 3.63) is 23.8 Å². The molecule has 0 radical (unpaired) electrons. The van der Waals surface area contributed by atoms with Crippen LogP contribution in [0.3, 0.4) is 0 Å². The molecule has 4 nitrogen and oxygen atoms in total. The highest BCUT2D eigenvalue weighted by Crippen LogP contribution is 2.32. The number of benzene rings is 1. The summed E-state index contributed by atoms with van der Waals surface area (Å²) in [6, 6.07) is 4.98. The molecule has 1 aromatic carbocycles. The van der Waals surface area contributed by atoms with Crippen LogP contribution >= 0.6 is 0 Å². The summed E-state index contributed by atoms with van der Waals surface area (Å²) in [6.07, 6.45) is 2.93. The van der Waals surface area contributed by atoms with Crippen molar-refractivity contribution in [3.63, 3.8) is 0 Å². The number of ether oxygens (including phenoxy) is 1. The highest BCUT2D eigenvalue weighted by molar-refractivity contribution is 7.89. The number of nitrogens with two attached hydrogens (primary N) is 1. The van der Waals surface area contributed by atoms with Gasteiger partial charge in [-0.1, -0.05) is 13.0 Å². The second-order valence-electron chi connectivity index (χ2n) is 3.95. The summed E-state index contributed by atoms with van der Waals surface area (Å²) in [4.78, 5) is 0.174. The molecule has 0 amide bonds. The average molecular weight is 241 g/mol.